The molecule has 0 saturated heterocycles. The zero-order valence-electron chi connectivity index (χ0n) is 13.1. The lowest BCUT2D eigenvalue weighted by atomic mass is 10.0. The van der Waals surface area contributed by atoms with E-state index in [-0.39, 0.29) is 24.6 Å². The zero-order valence-corrected chi connectivity index (χ0v) is 13.1. The van der Waals surface area contributed by atoms with Gasteiger partial charge in [-0.05, 0) is 36.8 Å². The normalized spacial score (nSPS) is 18.2. The van der Waals surface area contributed by atoms with Crippen molar-refractivity contribution in [3.05, 3.63) is 60.2 Å². The lowest BCUT2D eigenvalue weighted by Gasteiger charge is -2.32. The number of aliphatic imine (C=N–C) groups is 1. The minimum Gasteiger partial charge on any atom is -0.461 e. The van der Waals surface area contributed by atoms with Crippen LogP contribution >= 0.6 is 0 Å². The molecule has 0 saturated carbocycles. The van der Waals surface area contributed by atoms with Gasteiger partial charge < -0.3 is 9.64 Å². The van der Waals surface area contributed by atoms with Crippen molar-refractivity contribution >= 4 is 23.4 Å². The first-order valence-corrected chi connectivity index (χ1v) is 7.61. The van der Waals surface area contributed by atoms with Gasteiger partial charge in [0.2, 0.25) is 5.71 Å². The monoisotopic (exact) mass is 324 g/mol. The number of hydrogen-bond acceptors (Lipinski definition) is 5. The number of esters is 1. The molecule has 6 nitrogen and oxygen atoms in total. The third kappa shape index (κ3) is 2.78. The molecule has 2 aliphatic rings. The van der Waals surface area contributed by atoms with E-state index in [1.165, 1.54) is 29.2 Å². The van der Waals surface area contributed by atoms with Crippen molar-refractivity contribution in [1.29, 1.82) is 0 Å². The van der Waals surface area contributed by atoms with Crippen molar-refractivity contribution < 1.29 is 19.1 Å². The fraction of sp³-hybridized carbons (Fsp3) is 0.222. The molecule has 3 rings (SSSR count). The summed E-state index contributed by atoms with van der Waals surface area (Å²) in [4.78, 5) is 41.9. The topological polar surface area (TPSA) is 76.0 Å². The Morgan fingerprint density at radius 3 is 2.46 bits per heavy atom. The average molecular weight is 324 g/mol. The molecule has 6 heteroatoms. The van der Waals surface area contributed by atoms with Crippen LogP contribution in [-0.2, 0) is 25.7 Å². The number of nitrogens with zero attached hydrogens (tertiary/aromatic N) is 2. The maximum atomic E-state index is 12.7. The van der Waals surface area contributed by atoms with E-state index in [0.29, 0.717) is 0 Å². The Hall–Kier alpha value is -3.02. The second kappa shape index (κ2) is 6.23. The Labute approximate surface area is 139 Å². The minimum absolute atomic E-state index is 0.154. The van der Waals surface area contributed by atoms with E-state index in [1.807, 2.05) is 30.3 Å². The Morgan fingerprint density at radius 2 is 1.83 bits per heavy atom. The average Bonchev–Trinajstić information content (AvgIpc) is 2.85. The highest BCUT2D eigenvalue weighted by Gasteiger charge is 2.47. The van der Waals surface area contributed by atoms with E-state index in [4.69, 9.17) is 4.74 Å². The van der Waals surface area contributed by atoms with Crippen LogP contribution in [0.5, 0.6) is 0 Å². The van der Waals surface area contributed by atoms with Crippen molar-refractivity contribution in [2.75, 3.05) is 6.61 Å². The molecule has 0 radical (unpaired) electrons. The maximum Gasteiger partial charge on any atom is 0.362 e. The summed E-state index contributed by atoms with van der Waals surface area (Å²) in [6.07, 6.45) is 5.76. The largest absolute Gasteiger partial charge is 0.461 e. The highest BCUT2D eigenvalue weighted by Crippen LogP contribution is 2.32. The highest BCUT2D eigenvalue weighted by atomic mass is 16.5. The number of ketones is 1. The van der Waals surface area contributed by atoms with Gasteiger partial charge in [0.25, 0.3) is 5.91 Å². The fourth-order valence-corrected chi connectivity index (χ4v) is 2.65. The number of carbonyl (C=O) groups is 3. The molecule has 1 heterocycles. The molecule has 1 amide bonds. The zero-order chi connectivity index (χ0) is 17.2. The van der Waals surface area contributed by atoms with Crippen molar-refractivity contribution in [2.45, 2.75) is 19.1 Å². The number of benzene rings is 1. The molecule has 24 heavy (non-hydrogen) atoms. The van der Waals surface area contributed by atoms with Crippen molar-refractivity contribution in [3.8, 4) is 0 Å². The SMILES string of the molecule is CCOC(=O)C1=NC2(C=CC(=O)C=C2)N(Cc2ccccc2)C1=O. The first-order valence-electron chi connectivity index (χ1n) is 7.61. The standard InChI is InChI=1S/C18H16N2O4/c1-2-24-17(23)15-16(22)20(12-13-6-4-3-5-7-13)18(19-15)10-8-14(21)9-11-18/h3-11H,2,12H2,1H3. The van der Waals surface area contributed by atoms with E-state index in [1.54, 1.807) is 6.92 Å². The van der Waals surface area contributed by atoms with Crippen LogP contribution < -0.4 is 0 Å². The van der Waals surface area contributed by atoms with Crippen LogP contribution in [0.2, 0.25) is 0 Å². The van der Waals surface area contributed by atoms with Gasteiger partial charge in [-0.25, -0.2) is 9.79 Å². The summed E-state index contributed by atoms with van der Waals surface area (Å²) in [5.41, 5.74) is -0.524. The van der Waals surface area contributed by atoms with E-state index < -0.39 is 17.5 Å². The lowest BCUT2D eigenvalue weighted by Crippen LogP contribution is -2.45. The molecule has 0 unspecified atom stereocenters. The minimum atomic E-state index is -1.16. The van der Waals surface area contributed by atoms with Gasteiger partial charge >= 0.3 is 5.97 Å². The number of carbonyl (C=O) groups excluding carboxylic acids is 3. The van der Waals surface area contributed by atoms with Crippen LogP contribution in [0.1, 0.15) is 12.5 Å². The van der Waals surface area contributed by atoms with E-state index in [0.717, 1.165) is 5.56 Å². The van der Waals surface area contributed by atoms with Crippen LogP contribution in [0.25, 0.3) is 0 Å². The Balaban J connectivity index is 1.98. The van der Waals surface area contributed by atoms with E-state index >= 15 is 0 Å². The first kappa shape index (κ1) is 15.9. The van der Waals surface area contributed by atoms with Gasteiger partial charge in [-0.3, -0.25) is 9.59 Å². The van der Waals surface area contributed by atoms with Crippen molar-refractivity contribution in [2.24, 2.45) is 4.99 Å². The molecule has 1 aromatic rings. The summed E-state index contributed by atoms with van der Waals surface area (Å²) in [7, 11) is 0. The molecule has 1 spiro atoms. The highest BCUT2D eigenvalue weighted by molar-refractivity contribution is 6.65. The van der Waals surface area contributed by atoms with Crippen LogP contribution in [0, 0.1) is 0 Å². The van der Waals surface area contributed by atoms with Gasteiger partial charge in [-0.2, -0.15) is 0 Å². The molecule has 1 aromatic carbocycles. The van der Waals surface area contributed by atoms with Gasteiger partial charge in [0, 0.05) is 6.54 Å². The van der Waals surface area contributed by atoms with Crippen molar-refractivity contribution in [3.63, 3.8) is 0 Å². The molecular formula is C18H16N2O4. The smallest absolute Gasteiger partial charge is 0.362 e. The molecule has 0 fully saturated rings. The van der Waals surface area contributed by atoms with Gasteiger partial charge in [0.15, 0.2) is 11.4 Å². The molecule has 0 bridgehead atoms. The van der Waals surface area contributed by atoms with Crippen LogP contribution in [-0.4, -0.2) is 40.5 Å². The van der Waals surface area contributed by atoms with E-state index in [9.17, 15) is 14.4 Å². The Morgan fingerprint density at radius 1 is 1.17 bits per heavy atom. The quantitative estimate of drug-likeness (QED) is 0.785. The van der Waals surface area contributed by atoms with Crippen LogP contribution in [0.4, 0.5) is 0 Å². The Kier molecular flexibility index (Phi) is 4.12. The number of allylic oxidation sites excluding steroid dienone is 2. The molecule has 0 N–H and O–H groups in total. The molecule has 122 valence electrons. The molecule has 0 aromatic heterocycles. The second-order valence-electron chi connectivity index (χ2n) is 5.41. The third-order valence-electron chi connectivity index (χ3n) is 3.81. The Bertz CT molecular complexity index is 761. The number of ether oxygens (including phenoxy) is 1. The number of rotatable bonds is 4. The summed E-state index contributed by atoms with van der Waals surface area (Å²) in [6.45, 7) is 2.07. The summed E-state index contributed by atoms with van der Waals surface area (Å²) in [5, 5.41) is 0. The van der Waals surface area contributed by atoms with Crippen molar-refractivity contribution in [1.82, 2.24) is 4.90 Å². The van der Waals surface area contributed by atoms with Gasteiger partial charge in [0.05, 0.1) is 6.61 Å². The maximum absolute atomic E-state index is 12.7. The van der Waals surface area contributed by atoms with Gasteiger partial charge in [0.1, 0.15) is 0 Å². The molecule has 1 aliphatic carbocycles. The third-order valence-corrected chi connectivity index (χ3v) is 3.81. The second-order valence-corrected chi connectivity index (χ2v) is 5.41. The van der Waals surface area contributed by atoms with E-state index in [2.05, 4.69) is 4.99 Å². The first-order chi connectivity index (χ1) is 11.6. The predicted molar refractivity (Wildman–Crippen MR) is 87.1 cm³/mol. The fourth-order valence-electron chi connectivity index (χ4n) is 2.65. The molecular weight excluding hydrogens is 308 g/mol. The van der Waals surface area contributed by atoms with Gasteiger partial charge in [-0.15, -0.1) is 0 Å². The summed E-state index contributed by atoms with van der Waals surface area (Å²) in [6, 6.07) is 9.37. The summed E-state index contributed by atoms with van der Waals surface area (Å²) in [5.74, 6) is -1.45. The van der Waals surface area contributed by atoms with Gasteiger partial charge in [-0.1, -0.05) is 30.3 Å². The molecule has 0 atom stereocenters. The summed E-state index contributed by atoms with van der Waals surface area (Å²) >= 11 is 0. The molecule has 1 aliphatic heterocycles. The van der Waals surface area contributed by atoms with Crippen LogP contribution in [0.15, 0.2) is 59.6 Å². The lowest BCUT2D eigenvalue weighted by molar-refractivity contribution is -0.136. The predicted octanol–water partition coefficient (Wildman–Crippen LogP) is 1.42. The number of amides is 1. The number of hydrogen-bond donors (Lipinski definition) is 0. The summed E-state index contributed by atoms with van der Waals surface area (Å²) < 4.78 is 4.92. The van der Waals surface area contributed by atoms with Crippen LogP contribution in [0.3, 0.4) is 0 Å².